The molecule has 9 rings (SSSR count). The second-order valence-electron chi connectivity index (χ2n) is 12.2. The summed E-state index contributed by atoms with van der Waals surface area (Å²) in [5, 5.41) is 5.06. The van der Waals surface area contributed by atoms with Gasteiger partial charge in [-0.25, -0.2) is 0 Å². The Morgan fingerprint density at radius 1 is 0.333 bits per heavy atom. The Morgan fingerprint density at radius 2 is 0.938 bits per heavy atom. The topological polar surface area (TPSA) is 3.24 Å². The van der Waals surface area contributed by atoms with Crippen LogP contribution in [0.2, 0.25) is 0 Å². The third-order valence-electron chi connectivity index (χ3n) is 9.25. The van der Waals surface area contributed by atoms with Crippen LogP contribution >= 0.6 is 11.3 Å². The van der Waals surface area contributed by atoms with Crippen molar-refractivity contribution < 1.29 is 0 Å². The number of thiophene rings is 1. The first-order valence-corrected chi connectivity index (χ1v) is 17.2. The zero-order valence-corrected chi connectivity index (χ0v) is 27.1. The van der Waals surface area contributed by atoms with Crippen LogP contribution in [0, 0.1) is 0 Å². The largest absolute Gasteiger partial charge is 0.309 e. The van der Waals surface area contributed by atoms with Crippen LogP contribution in [0.4, 0.5) is 17.1 Å². The van der Waals surface area contributed by atoms with E-state index in [9.17, 15) is 0 Å². The highest BCUT2D eigenvalue weighted by Gasteiger charge is 2.22. The number of para-hydroxylation sites is 1. The standard InChI is InChI=1S/C46H31NS/c1-3-14-33(15-4-1)39-19-9-11-21-43(39)47(38-26-28-46-42(31-38)41-20-10-12-22-45(41)48-46)44-30-37(25-27-40(44)34-16-5-2-6-17-34)36-24-23-32-13-7-8-18-35(32)29-36/h1-31H. The molecule has 0 fully saturated rings. The van der Waals surface area contributed by atoms with E-state index in [-0.39, 0.29) is 0 Å². The lowest BCUT2D eigenvalue weighted by molar-refractivity contribution is 1.29. The van der Waals surface area contributed by atoms with Gasteiger partial charge in [0.15, 0.2) is 0 Å². The summed E-state index contributed by atoms with van der Waals surface area (Å²) in [5.41, 5.74) is 10.5. The van der Waals surface area contributed by atoms with Crippen molar-refractivity contribution in [3.05, 3.63) is 188 Å². The van der Waals surface area contributed by atoms with Gasteiger partial charge in [0, 0.05) is 37.0 Å². The third kappa shape index (κ3) is 5.04. The monoisotopic (exact) mass is 629 g/mol. The van der Waals surface area contributed by atoms with Crippen molar-refractivity contribution >= 4 is 59.3 Å². The summed E-state index contributed by atoms with van der Waals surface area (Å²) < 4.78 is 2.61. The van der Waals surface area contributed by atoms with Crippen LogP contribution in [0.25, 0.3) is 64.3 Å². The van der Waals surface area contributed by atoms with Gasteiger partial charge < -0.3 is 4.90 Å². The molecule has 226 valence electrons. The molecule has 9 aromatic rings. The Hall–Kier alpha value is -5.96. The molecular formula is C46H31NS. The second-order valence-corrected chi connectivity index (χ2v) is 13.2. The van der Waals surface area contributed by atoms with E-state index in [0.717, 1.165) is 17.1 Å². The molecule has 0 aliphatic heterocycles. The Labute approximate surface area is 284 Å². The van der Waals surface area contributed by atoms with E-state index in [2.05, 4.69) is 193 Å². The van der Waals surface area contributed by atoms with Crippen LogP contribution < -0.4 is 4.90 Å². The molecule has 2 heteroatoms. The molecule has 0 radical (unpaired) electrons. The second kappa shape index (κ2) is 12.0. The van der Waals surface area contributed by atoms with Crippen molar-refractivity contribution in [3.8, 4) is 33.4 Å². The maximum atomic E-state index is 2.47. The average Bonchev–Trinajstić information content (AvgIpc) is 3.54. The Bertz CT molecular complexity index is 2560. The molecule has 0 saturated carbocycles. The molecular weight excluding hydrogens is 599 g/mol. The minimum absolute atomic E-state index is 1.13. The highest BCUT2D eigenvalue weighted by Crippen LogP contribution is 2.47. The molecule has 1 heterocycles. The number of hydrogen-bond acceptors (Lipinski definition) is 2. The van der Waals surface area contributed by atoms with Crippen molar-refractivity contribution in [3.63, 3.8) is 0 Å². The molecule has 8 aromatic carbocycles. The zero-order chi connectivity index (χ0) is 31.9. The fraction of sp³-hybridized carbons (Fsp3) is 0. The van der Waals surface area contributed by atoms with Crippen molar-refractivity contribution in [2.24, 2.45) is 0 Å². The molecule has 0 amide bonds. The van der Waals surface area contributed by atoms with E-state index in [1.165, 1.54) is 64.3 Å². The summed E-state index contributed by atoms with van der Waals surface area (Å²) in [6.07, 6.45) is 0. The van der Waals surface area contributed by atoms with Gasteiger partial charge in [-0.3, -0.25) is 0 Å². The van der Waals surface area contributed by atoms with Crippen LogP contribution in [-0.4, -0.2) is 0 Å². The molecule has 0 bridgehead atoms. The van der Waals surface area contributed by atoms with E-state index in [4.69, 9.17) is 0 Å². The van der Waals surface area contributed by atoms with Gasteiger partial charge in [0.1, 0.15) is 0 Å². The Morgan fingerprint density at radius 3 is 1.75 bits per heavy atom. The van der Waals surface area contributed by atoms with Crippen molar-refractivity contribution in [2.75, 3.05) is 4.90 Å². The lowest BCUT2D eigenvalue weighted by atomic mass is 9.94. The van der Waals surface area contributed by atoms with E-state index in [0.29, 0.717) is 0 Å². The molecule has 0 spiro atoms. The lowest BCUT2D eigenvalue weighted by Crippen LogP contribution is -2.12. The minimum Gasteiger partial charge on any atom is -0.309 e. The average molecular weight is 630 g/mol. The first kappa shape index (κ1) is 28.3. The van der Waals surface area contributed by atoms with Crippen LogP contribution in [0.15, 0.2) is 188 Å². The first-order valence-electron chi connectivity index (χ1n) is 16.3. The zero-order valence-electron chi connectivity index (χ0n) is 26.3. The van der Waals surface area contributed by atoms with Gasteiger partial charge in [-0.05, 0) is 75.5 Å². The van der Waals surface area contributed by atoms with Crippen LogP contribution in [0.1, 0.15) is 0 Å². The van der Waals surface area contributed by atoms with E-state index < -0.39 is 0 Å². The van der Waals surface area contributed by atoms with E-state index in [1.54, 1.807) is 0 Å². The number of hydrogen-bond donors (Lipinski definition) is 0. The maximum Gasteiger partial charge on any atom is 0.0546 e. The van der Waals surface area contributed by atoms with Gasteiger partial charge in [0.25, 0.3) is 0 Å². The predicted octanol–water partition coefficient (Wildman–Crippen LogP) is 13.7. The smallest absolute Gasteiger partial charge is 0.0546 e. The van der Waals surface area contributed by atoms with Gasteiger partial charge in [-0.2, -0.15) is 0 Å². The fourth-order valence-electron chi connectivity index (χ4n) is 6.92. The van der Waals surface area contributed by atoms with E-state index in [1.807, 2.05) is 11.3 Å². The summed E-state index contributed by atoms with van der Waals surface area (Å²) in [4.78, 5) is 2.47. The molecule has 1 aromatic heterocycles. The number of fused-ring (bicyclic) bond motifs is 4. The highest BCUT2D eigenvalue weighted by atomic mass is 32.1. The summed E-state index contributed by atoms with van der Waals surface area (Å²) in [6, 6.07) is 68.3. The molecule has 0 saturated heterocycles. The number of benzene rings is 8. The number of anilines is 3. The molecule has 0 aliphatic rings. The molecule has 0 aliphatic carbocycles. The summed E-state index contributed by atoms with van der Waals surface area (Å²) >= 11 is 1.86. The number of rotatable bonds is 6. The summed E-state index contributed by atoms with van der Waals surface area (Å²) in [5.74, 6) is 0. The highest BCUT2D eigenvalue weighted by molar-refractivity contribution is 7.25. The molecule has 1 nitrogen and oxygen atoms in total. The van der Waals surface area contributed by atoms with Gasteiger partial charge in [-0.1, -0.05) is 146 Å². The molecule has 0 unspecified atom stereocenters. The van der Waals surface area contributed by atoms with Gasteiger partial charge in [0.2, 0.25) is 0 Å². The molecule has 0 N–H and O–H groups in total. The maximum absolute atomic E-state index is 2.47. The predicted molar refractivity (Wildman–Crippen MR) is 208 cm³/mol. The molecule has 0 atom stereocenters. The van der Waals surface area contributed by atoms with Crippen LogP contribution in [0.5, 0.6) is 0 Å². The SMILES string of the molecule is c1ccc(-c2ccccc2N(c2ccc3sc4ccccc4c3c2)c2cc(-c3ccc4ccccc4c3)ccc2-c2ccccc2)cc1. The minimum atomic E-state index is 1.13. The van der Waals surface area contributed by atoms with Crippen molar-refractivity contribution in [1.29, 1.82) is 0 Å². The van der Waals surface area contributed by atoms with Crippen LogP contribution in [0.3, 0.4) is 0 Å². The molecule has 48 heavy (non-hydrogen) atoms. The van der Waals surface area contributed by atoms with Crippen molar-refractivity contribution in [1.82, 2.24) is 0 Å². The normalized spacial score (nSPS) is 11.3. The van der Waals surface area contributed by atoms with Gasteiger partial charge in [-0.15, -0.1) is 11.3 Å². The fourth-order valence-corrected chi connectivity index (χ4v) is 8.00. The van der Waals surface area contributed by atoms with Crippen molar-refractivity contribution in [2.45, 2.75) is 0 Å². The third-order valence-corrected chi connectivity index (χ3v) is 10.4. The Balaban J connectivity index is 1.34. The van der Waals surface area contributed by atoms with Gasteiger partial charge in [0.05, 0.1) is 11.4 Å². The Kier molecular flexibility index (Phi) is 7.07. The van der Waals surface area contributed by atoms with Gasteiger partial charge >= 0.3 is 0 Å². The quantitative estimate of drug-likeness (QED) is 0.177. The van der Waals surface area contributed by atoms with Crippen LogP contribution in [-0.2, 0) is 0 Å². The summed E-state index contributed by atoms with van der Waals surface area (Å²) in [6.45, 7) is 0. The van der Waals surface area contributed by atoms with E-state index >= 15 is 0 Å². The first-order chi connectivity index (χ1) is 23.8. The lowest BCUT2D eigenvalue weighted by Gasteiger charge is -2.30. The summed E-state index contributed by atoms with van der Waals surface area (Å²) in [7, 11) is 0. The number of nitrogens with zero attached hydrogens (tertiary/aromatic N) is 1.